The van der Waals surface area contributed by atoms with E-state index in [4.69, 9.17) is 9.15 Å². The SMILES string of the molecule is CCC(=O)Oc1nnc(Nc2ccccc2F)o1. The monoisotopic (exact) mass is 251 g/mol. The normalized spacial score (nSPS) is 10.1. The molecule has 0 amide bonds. The predicted molar refractivity (Wildman–Crippen MR) is 59.9 cm³/mol. The first-order valence-corrected chi connectivity index (χ1v) is 5.24. The summed E-state index contributed by atoms with van der Waals surface area (Å²) in [6, 6.07) is 5.95. The molecule has 1 aromatic carbocycles. The van der Waals surface area contributed by atoms with Crippen LogP contribution >= 0.6 is 0 Å². The largest absolute Gasteiger partial charge is 0.423 e. The van der Waals surface area contributed by atoms with E-state index in [1.807, 2.05) is 0 Å². The number of para-hydroxylation sites is 1. The van der Waals surface area contributed by atoms with Crippen LogP contribution in [0.3, 0.4) is 0 Å². The van der Waals surface area contributed by atoms with E-state index in [0.717, 1.165) is 0 Å². The van der Waals surface area contributed by atoms with Crippen LogP contribution in [0.5, 0.6) is 6.08 Å². The maximum Gasteiger partial charge on any atom is 0.423 e. The molecule has 94 valence electrons. The Balaban J connectivity index is 2.07. The van der Waals surface area contributed by atoms with Gasteiger partial charge in [-0.1, -0.05) is 29.3 Å². The molecule has 0 aliphatic heterocycles. The molecule has 7 heteroatoms. The molecule has 18 heavy (non-hydrogen) atoms. The molecule has 2 aromatic rings. The summed E-state index contributed by atoms with van der Waals surface area (Å²) in [6.45, 7) is 1.64. The Morgan fingerprint density at radius 2 is 2.22 bits per heavy atom. The molecule has 0 atom stereocenters. The molecule has 0 saturated carbocycles. The summed E-state index contributed by atoms with van der Waals surface area (Å²) < 4.78 is 23.0. The summed E-state index contributed by atoms with van der Waals surface area (Å²) in [7, 11) is 0. The number of carbonyl (C=O) groups excluding carboxylic acids is 1. The van der Waals surface area contributed by atoms with E-state index in [-0.39, 0.29) is 24.2 Å². The van der Waals surface area contributed by atoms with Gasteiger partial charge in [0.25, 0.3) is 0 Å². The molecule has 6 nitrogen and oxygen atoms in total. The zero-order valence-electron chi connectivity index (χ0n) is 9.51. The first kappa shape index (κ1) is 12.0. The summed E-state index contributed by atoms with van der Waals surface area (Å²) in [5.41, 5.74) is 0.189. The molecule has 0 saturated heterocycles. The fraction of sp³-hybridized carbons (Fsp3) is 0.182. The lowest BCUT2D eigenvalue weighted by molar-refractivity contribution is -0.135. The molecule has 0 spiro atoms. The van der Waals surface area contributed by atoms with Gasteiger partial charge >= 0.3 is 18.1 Å². The van der Waals surface area contributed by atoms with E-state index >= 15 is 0 Å². The van der Waals surface area contributed by atoms with Crippen molar-refractivity contribution >= 4 is 17.7 Å². The number of aromatic nitrogens is 2. The third-order valence-corrected chi connectivity index (χ3v) is 2.01. The van der Waals surface area contributed by atoms with Crippen molar-refractivity contribution < 1.29 is 18.3 Å². The van der Waals surface area contributed by atoms with Gasteiger partial charge in [-0.2, -0.15) is 0 Å². The first-order valence-electron chi connectivity index (χ1n) is 5.24. The average Bonchev–Trinajstić information content (AvgIpc) is 2.79. The minimum Gasteiger partial charge on any atom is -0.376 e. The Morgan fingerprint density at radius 1 is 1.44 bits per heavy atom. The quantitative estimate of drug-likeness (QED) is 0.840. The van der Waals surface area contributed by atoms with Gasteiger partial charge in [0.2, 0.25) is 0 Å². The highest BCUT2D eigenvalue weighted by Crippen LogP contribution is 2.20. The van der Waals surface area contributed by atoms with Crippen LogP contribution in [-0.2, 0) is 4.79 Å². The number of hydrogen-bond donors (Lipinski definition) is 1. The molecular weight excluding hydrogens is 241 g/mol. The molecule has 0 bridgehead atoms. The van der Waals surface area contributed by atoms with Crippen LogP contribution in [-0.4, -0.2) is 16.2 Å². The topological polar surface area (TPSA) is 77.2 Å². The summed E-state index contributed by atoms with van der Waals surface area (Å²) >= 11 is 0. The molecule has 1 N–H and O–H groups in total. The van der Waals surface area contributed by atoms with Gasteiger partial charge in [0.15, 0.2) is 0 Å². The molecule has 0 aliphatic carbocycles. The summed E-state index contributed by atoms with van der Waals surface area (Å²) in [6.07, 6.45) is -0.0842. The Bertz CT molecular complexity index is 556. The number of anilines is 2. The highest BCUT2D eigenvalue weighted by molar-refractivity contribution is 5.70. The number of esters is 1. The van der Waals surface area contributed by atoms with Gasteiger partial charge < -0.3 is 14.5 Å². The molecular formula is C11H10FN3O3. The smallest absolute Gasteiger partial charge is 0.376 e. The molecule has 0 fully saturated rings. The van der Waals surface area contributed by atoms with Crippen LogP contribution in [0.1, 0.15) is 13.3 Å². The second kappa shape index (κ2) is 5.26. The van der Waals surface area contributed by atoms with Gasteiger partial charge in [-0.15, -0.1) is 0 Å². The van der Waals surface area contributed by atoms with E-state index in [1.54, 1.807) is 19.1 Å². The Kier molecular flexibility index (Phi) is 3.52. The standard InChI is InChI=1S/C11H10FN3O3/c1-2-9(16)17-11-15-14-10(18-11)13-8-6-4-3-5-7(8)12/h3-6H,2H2,1H3,(H,13,14). The van der Waals surface area contributed by atoms with Gasteiger partial charge in [-0.3, -0.25) is 4.79 Å². The second-order valence-electron chi connectivity index (χ2n) is 3.31. The molecule has 1 aromatic heterocycles. The minimum atomic E-state index is -0.490. The van der Waals surface area contributed by atoms with Gasteiger partial charge in [0.1, 0.15) is 5.82 Å². The van der Waals surface area contributed by atoms with E-state index in [2.05, 4.69) is 15.5 Å². The van der Waals surface area contributed by atoms with Crippen molar-refractivity contribution in [1.29, 1.82) is 0 Å². The Hall–Kier alpha value is -2.44. The van der Waals surface area contributed by atoms with Crippen molar-refractivity contribution in [3.05, 3.63) is 30.1 Å². The molecule has 1 heterocycles. The third kappa shape index (κ3) is 2.82. The van der Waals surface area contributed by atoms with Crippen LogP contribution < -0.4 is 10.1 Å². The van der Waals surface area contributed by atoms with E-state index in [0.29, 0.717) is 0 Å². The maximum absolute atomic E-state index is 13.3. The summed E-state index contributed by atoms with van der Waals surface area (Å²) in [5, 5.41) is 9.63. The number of ether oxygens (including phenoxy) is 1. The van der Waals surface area contributed by atoms with E-state index in [1.165, 1.54) is 12.1 Å². The fourth-order valence-electron chi connectivity index (χ4n) is 1.15. The van der Waals surface area contributed by atoms with Gasteiger partial charge in [-0.25, -0.2) is 4.39 Å². The minimum absolute atomic E-state index is 0.0565. The average molecular weight is 251 g/mol. The number of nitrogens with zero attached hydrogens (tertiary/aromatic N) is 2. The zero-order chi connectivity index (χ0) is 13.0. The maximum atomic E-state index is 13.3. The number of hydrogen-bond acceptors (Lipinski definition) is 6. The third-order valence-electron chi connectivity index (χ3n) is 2.01. The molecule has 0 aliphatic rings. The molecule has 0 radical (unpaired) electrons. The molecule has 0 unspecified atom stereocenters. The predicted octanol–water partition coefficient (Wildman–Crippen LogP) is 2.27. The van der Waals surface area contributed by atoms with Gasteiger partial charge in [0, 0.05) is 6.42 Å². The van der Waals surface area contributed by atoms with Crippen molar-refractivity contribution in [3.63, 3.8) is 0 Å². The number of nitrogens with one attached hydrogen (secondary N) is 1. The van der Waals surface area contributed by atoms with Crippen LogP contribution in [0.4, 0.5) is 16.1 Å². The van der Waals surface area contributed by atoms with Crippen molar-refractivity contribution in [3.8, 4) is 6.08 Å². The van der Waals surface area contributed by atoms with Crippen LogP contribution in [0.15, 0.2) is 28.7 Å². The lowest BCUT2D eigenvalue weighted by Crippen LogP contribution is -2.05. The van der Waals surface area contributed by atoms with Crippen molar-refractivity contribution in [1.82, 2.24) is 10.2 Å². The van der Waals surface area contributed by atoms with Crippen molar-refractivity contribution in [2.24, 2.45) is 0 Å². The number of halogens is 1. The zero-order valence-corrected chi connectivity index (χ0v) is 9.51. The van der Waals surface area contributed by atoms with Crippen molar-refractivity contribution in [2.45, 2.75) is 13.3 Å². The Morgan fingerprint density at radius 3 is 2.94 bits per heavy atom. The van der Waals surface area contributed by atoms with E-state index in [9.17, 15) is 9.18 Å². The number of rotatable bonds is 4. The highest BCUT2D eigenvalue weighted by atomic mass is 19.1. The summed E-state index contributed by atoms with van der Waals surface area (Å²) in [5.74, 6) is -0.945. The fourth-order valence-corrected chi connectivity index (χ4v) is 1.15. The Labute approximate surface area is 102 Å². The van der Waals surface area contributed by atoms with Crippen molar-refractivity contribution in [2.75, 3.05) is 5.32 Å². The molecule has 2 rings (SSSR count). The number of carbonyl (C=O) groups is 1. The summed E-state index contributed by atoms with van der Waals surface area (Å²) in [4.78, 5) is 11.0. The van der Waals surface area contributed by atoms with Crippen LogP contribution in [0.25, 0.3) is 0 Å². The van der Waals surface area contributed by atoms with Gasteiger partial charge in [0.05, 0.1) is 5.69 Å². The van der Waals surface area contributed by atoms with E-state index < -0.39 is 11.8 Å². The van der Waals surface area contributed by atoms with Crippen LogP contribution in [0, 0.1) is 5.82 Å². The first-order chi connectivity index (χ1) is 8.69. The lowest BCUT2D eigenvalue weighted by Gasteiger charge is -2.01. The van der Waals surface area contributed by atoms with Gasteiger partial charge in [-0.05, 0) is 12.1 Å². The highest BCUT2D eigenvalue weighted by Gasteiger charge is 2.11. The van der Waals surface area contributed by atoms with Crippen LogP contribution in [0.2, 0.25) is 0 Å². The second-order valence-corrected chi connectivity index (χ2v) is 3.31. The number of benzene rings is 1. The lowest BCUT2D eigenvalue weighted by atomic mass is 10.3.